The van der Waals surface area contributed by atoms with Crippen molar-refractivity contribution in [3.05, 3.63) is 28.8 Å². The molecule has 0 saturated heterocycles. The molecule has 1 heterocycles. The third kappa shape index (κ3) is 3.82. The summed E-state index contributed by atoms with van der Waals surface area (Å²) in [6.07, 6.45) is 4.00. The van der Waals surface area contributed by atoms with E-state index in [-0.39, 0.29) is 29.7 Å². The molecule has 136 valence electrons. The Hall–Kier alpha value is -1.59. The van der Waals surface area contributed by atoms with Crippen LogP contribution in [0.25, 0.3) is 0 Å². The molecule has 0 radical (unpaired) electrons. The molecule has 25 heavy (non-hydrogen) atoms. The van der Waals surface area contributed by atoms with Gasteiger partial charge in [-0.15, -0.1) is 0 Å². The monoisotopic (exact) mass is 363 g/mol. The predicted molar refractivity (Wildman–Crippen MR) is 99.8 cm³/mol. The van der Waals surface area contributed by atoms with Crippen LogP contribution in [0.15, 0.2) is 18.2 Å². The lowest BCUT2D eigenvalue weighted by molar-refractivity contribution is -0.129. The van der Waals surface area contributed by atoms with Crippen LogP contribution < -0.4 is 10.6 Å². The van der Waals surface area contributed by atoms with Gasteiger partial charge >= 0.3 is 0 Å². The summed E-state index contributed by atoms with van der Waals surface area (Å²) in [5, 5.41) is 0.633. The van der Waals surface area contributed by atoms with E-state index in [9.17, 15) is 9.59 Å². The molecule has 5 nitrogen and oxygen atoms in total. The van der Waals surface area contributed by atoms with E-state index in [1.807, 2.05) is 17.0 Å². The minimum Gasteiger partial charge on any atom is -0.349 e. The summed E-state index contributed by atoms with van der Waals surface area (Å²) in [6.45, 7) is 0.538. The summed E-state index contributed by atoms with van der Waals surface area (Å²) in [6, 6.07) is 5.71. The van der Waals surface area contributed by atoms with E-state index in [2.05, 4.69) is 0 Å². The number of anilines is 1. The van der Waals surface area contributed by atoms with Crippen LogP contribution in [0.4, 0.5) is 5.69 Å². The minimum absolute atomic E-state index is 0.00944. The van der Waals surface area contributed by atoms with Crippen LogP contribution in [0.3, 0.4) is 0 Å². The van der Waals surface area contributed by atoms with Crippen molar-refractivity contribution in [3.63, 3.8) is 0 Å². The van der Waals surface area contributed by atoms with Gasteiger partial charge in [0.05, 0.1) is 0 Å². The molecule has 3 rings (SSSR count). The number of amides is 2. The second-order valence-electron chi connectivity index (χ2n) is 7.46. The highest BCUT2D eigenvalue weighted by Crippen LogP contribution is 2.41. The zero-order valence-electron chi connectivity index (χ0n) is 14.9. The first-order valence-electron chi connectivity index (χ1n) is 8.92. The normalized spacial score (nSPS) is 25.1. The van der Waals surface area contributed by atoms with Gasteiger partial charge in [0, 0.05) is 56.2 Å². The van der Waals surface area contributed by atoms with Gasteiger partial charge in [0.15, 0.2) is 0 Å². The Kier molecular flexibility index (Phi) is 5.35. The molecule has 1 aliphatic carbocycles. The number of hydrogen-bond donors (Lipinski definition) is 1. The number of halogens is 1. The molecule has 2 amide bonds. The molecule has 6 heteroatoms. The number of hydrogen-bond acceptors (Lipinski definition) is 3. The van der Waals surface area contributed by atoms with Crippen molar-refractivity contribution in [2.45, 2.75) is 44.1 Å². The van der Waals surface area contributed by atoms with Crippen LogP contribution in [0, 0.1) is 5.92 Å². The van der Waals surface area contributed by atoms with Crippen molar-refractivity contribution in [2.75, 3.05) is 25.5 Å². The third-order valence-corrected chi connectivity index (χ3v) is 5.73. The lowest BCUT2D eigenvalue weighted by atomic mass is 9.97. The Morgan fingerprint density at radius 1 is 1.28 bits per heavy atom. The quantitative estimate of drug-likeness (QED) is 0.894. The smallest absolute Gasteiger partial charge is 0.227 e. The molecule has 3 atom stereocenters. The van der Waals surface area contributed by atoms with E-state index in [1.54, 1.807) is 25.1 Å². The highest BCUT2D eigenvalue weighted by atomic mass is 35.5. The summed E-state index contributed by atoms with van der Waals surface area (Å²) in [5.41, 5.74) is 8.01. The largest absolute Gasteiger partial charge is 0.349 e. The number of rotatable bonds is 4. The van der Waals surface area contributed by atoms with Gasteiger partial charge in [-0.05, 0) is 42.5 Å². The van der Waals surface area contributed by atoms with Gasteiger partial charge in [0.2, 0.25) is 11.8 Å². The Morgan fingerprint density at radius 2 is 2.04 bits per heavy atom. The van der Waals surface area contributed by atoms with Gasteiger partial charge in [-0.25, -0.2) is 0 Å². The summed E-state index contributed by atoms with van der Waals surface area (Å²) in [7, 11) is 3.50. The average molecular weight is 364 g/mol. The van der Waals surface area contributed by atoms with Crippen LogP contribution in [0.1, 0.15) is 43.6 Å². The maximum absolute atomic E-state index is 12.9. The lowest BCUT2D eigenvalue weighted by Gasteiger charge is -2.22. The van der Waals surface area contributed by atoms with Crippen molar-refractivity contribution in [2.24, 2.45) is 11.7 Å². The first-order chi connectivity index (χ1) is 11.9. The van der Waals surface area contributed by atoms with Crippen molar-refractivity contribution in [1.82, 2.24) is 4.90 Å². The fourth-order valence-corrected chi connectivity index (χ4v) is 4.15. The molecule has 0 spiro atoms. The van der Waals surface area contributed by atoms with E-state index in [1.165, 1.54) is 0 Å². The highest BCUT2D eigenvalue weighted by molar-refractivity contribution is 6.30. The second-order valence-corrected chi connectivity index (χ2v) is 7.89. The SMILES string of the molecule is CN(C)C(=O)CC1CN(C(=O)C[C@@H]2CCC[C@H]2N)c2ccc(Cl)cc21. The molecular formula is C19H26ClN3O2. The molecular weight excluding hydrogens is 338 g/mol. The van der Waals surface area contributed by atoms with Gasteiger partial charge in [-0.3, -0.25) is 9.59 Å². The maximum atomic E-state index is 12.9. The van der Waals surface area contributed by atoms with Crippen LogP contribution in [0.2, 0.25) is 5.02 Å². The van der Waals surface area contributed by atoms with E-state index >= 15 is 0 Å². The Labute approximate surface area is 154 Å². The van der Waals surface area contributed by atoms with Crippen LogP contribution >= 0.6 is 11.6 Å². The molecule has 0 bridgehead atoms. The van der Waals surface area contributed by atoms with Crippen LogP contribution in [-0.2, 0) is 9.59 Å². The van der Waals surface area contributed by atoms with E-state index in [0.29, 0.717) is 24.4 Å². The summed E-state index contributed by atoms with van der Waals surface area (Å²) in [5.74, 6) is 0.421. The fourth-order valence-electron chi connectivity index (χ4n) is 3.97. The Balaban J connectivity index is 1.79. The molecule has 1 unspecified atom stereocenters. The van der Waals surface area contributed by atoms with Crippen LogP contribution in [-0.4, -0.2) is 43.4 Å². The summed E-state index contributed by atoms with van der Waals surface area (Å²) < 4.78 is 0. The number of nitrogens with two attached hydrogens (primary N) is 1. The van der Waals surface area contributed by atoms with Crippen molar-refractivity contribution in [1.29, 1.82) is 0 Å². The molecule has 2 aliphatic rings. The van der Waals surface area contributed by atoms with Gasteiger partial charge in [0.1, 0.15) is 0 Å². The topological polar surface area (TPSA) is 66.6 Å². The number of carbonyl (C=O) groups excluding carboxylic acids is 2. The second kappa shape index (κ2) is 7.34. The van der Waals surface area contributed by atoms with Crippen molar-refractivity contribution >= 4 is 29.1 Å². The molecule has 0 aromatic heterocycles. The molecule has 1 aromatic rings. The fraction of sp³-hybridized carbons (Fsp3) is 0.579. The molecule has 1 aromatic carbocycles. The highest BCUT2D eigenvalue weighted by Gasteiger charge is 2.36. The van der Waals surface area contributed by atoms with Crippen molar-refractivity contribution in [3.8, 4) is 0 Å². The summed E-state index contributed by atoms with van der Waals surface area (Å²) in [4.78, 5) is 28.5. The Morgan fingerprint density at radius 3 is 2.68 bits per heavy atom. The van der Waals surface area contributed by atoms with Crippen LogP contribution in [0.5, 0.6) is 0 Å². The molecule has 2 N–H and O–H groups in total. The van der Waals surface area contributed by atoms with E-state index in [0.717, 1.165) is 30.5 Å². The van der Waals surface area contributed by atoms with E-state index < -0.39 is 0 Å². The zero-order valence-corrected chi connectivity index (χ0v) is 15.6. The molecule has 1 aliphatic heterocycles. The average Bonchev–Trinajstić information content (AvgIpc) is 3.11. The minimum atomic E-state index is -0.00944. The predicted octanol–water partition coefficient (Wildman–Crippen LogP) is 2.77. The number of carbonyl (C=O) groups is 2. The summed E-state index contributed by atoms with van der Waals surface area (Å²) >= 11 is 6.16. The number of nitrogens with zero attached hydrogens (tertiary/aromatic N) is 2. The first kappa shape index (κ1) is 18.2. The van der Waals surface area contributed by atoms with Gasteiger partial charge in [-0.1, -0.05) is 18.0 Å². The zero-order chi connectivity index (χ0) is 18.1. The number of benzene rings is 1. The van der Waals surface area contributed by atoms with E-state index in [4.69, 9.17) is 17.3 Å². The Bertz CT molecular complexity index is 677. The lowest BCUT2D eigenvalue weighted by Crippen LogP contribution is -2.35. The first-order valence-corrected chi connectivity index (χ1v) is 9.30. The maximum Gasteiger partial charge on any atom is 0.227 e. The standard InChI is InChI=1S/C19H26ClN3O2/c1-22(2)18(24)9-13-11-23(17-7-6-14(20)10-15(13)17)19(25)8-12-4-3-5-16(12)21/h6-7,10,12-13,16H,3-5,8-9,11,21H2,1-2H3/t12-,13?,16+/m0/s1. The molecule has 1 fully saturated rings. The third-order valence-electron chi connectivity index (χ3n) is 5.50. The molecule has 1 saturated carbocycles. The number of fused-ring (bicyclic) bond motifs is 1. The van der Waals surface area contributed by atoms with Gasteiger partial charge in [-0.2, -0.15) is 0 Å². The van der Waals surface area contributed by atoms with Gasteiger partial charge < -0.3 is 15.5 Å². The van der Waals surface area contributed by atoms with Crippen molar-refractivity contribution < 1.29 is 9.59 Å². The van der Waals surface area contributed by atoms with Gasteiger partial charge in [0.25, 0.3) is 0 Å².